The van der Waals surface area contributed by atoms with Crippen LogP contribution in [0.1, 0.15) is 24.8 Å². The van der Waals surface area contributed by atoms with Crippen molar-refractivity contribution in [2.75, 3.05) is 26.8 Å². The van der Waals surface area contributed by atoms with Gasteiger partial charge >= 0.3 is 0 Å². The lowest BCUT2D eigenvalue weighted by Crippen LogP contribution is -2.49. The van der Waals surface area contributed by atoms with Gasteiger partial charge in [-0.1, -0.05) is 12.1 Å². The molecule has 1 aromatic rings. The minimum absolute atomic E-state index is 0. The maximum atomic E-state index is 13.5. The lowest BCUT2D eigenvalue weighted by molar-refractivity contribution is -0.124. The molecular weight excluding hydrogens is 295 g/mol. The Hall–Kier alpha value is -1.17. The number of rotatable bonds is 5. The molecule has 1 aliphatic heterocycles. The van der Waals surface area contributed by atoms with Crippen molar-refractivity contribution in [3.8, 4) is 0 Å². The number of carbonyl (C=O) groups is 1. The number of hydrogen-bond donors (Lipinski definition) is 2. The molecule has 1 aromatic carbocycles. The number of carbonyl (C=O) groups excluding carboxylic acids is 1. The van der Waals surface area contributed by atoms with Gasteiger partial charge in [0.1, 0.15) is 5.82 Å². The third-order valence-electron chi connectivity index (χ3n) is 3.70. The molecule has 0 atom stereocenters. The zero-order valence-corrected chi connectivity index (χ0v) is 13.0. The summed E-state index contributed by atoms with van der Waals surface area (Å²) in [5.41, 5.74) is 0.309. The molecule has 0 aliphatic carbocycles. The van der Waals surface area contributed by atoms with Crippen LogP contribution in [0.4, 0.5) is 4.39 Å². The second kappa shape index (κ2) is 8.32. The van der Waals surface area contributed by atoms with E-state index in [1.165, 1.54) is 12.1 Å². The number of amides is 1. The minimum Gasteiger partial charge on any atom is -0.381 e. The van der Waals surface area contributed by atoms with Crippen LogP contribution in [0, 0.1) is 5.82 Å². The van der Waals surface area contributed by atoms with E-state index >= 15 is 0 Å². The Bertz CT molecular complexity index is 465. The molecule has 0 unspecified atom stereocenters. The second-order valence-electron chi connectivity index (χ2n) is 5.11. The summed E-state index contributed by atoms with van der Waals surface area (Å²) in [6.45, 7) is 1.77. The highest BCUT2D eigenvalue weighted by Gasteiger charge is 2.35. The van der Waals surface area contributed by atoms with Gasteiger partial charge in [-0.25, -0.2) is 4.39 Å². The van der Waals surface area contributed by atoms with Crippen molar-refractivity contribution in [3.05, 3.63) is 35.6 Å². The van der Waals surface area contributed by atoms with Gasteiger partial charge in [0, 0.05) is 26.2 Å². The Morgan fingerprint density at radius 2 is 2.10 bits per heavy atom. The van der Waals surface area contributed by atoms with Crippen LogP contribution in [0.25, 0.3) is 0 Å². The highest BCUT2D eigenvalue weighted by molar-refractivity contribution is 5.85. The van der Waals surface area contributed by atoms with E-state index in [9.17, 15) is 9.18 Å². The second-order valence-corrected chi connectivity index (χ2v) is 5.11. The molecule has 6 heteroatoms. The Morgan fingerprint density at radius 1 is 1.38 bits per heavy atom. The van der Waals surface area contributed by atoms with Crippen molar-refractivity contribution in [2.24, 2.45) is 0 Å². The van der Waals surface area contributed by atoms with Gasteiger partial charge in [0.05, 0.1) is 5.54 Å². The SMILES string of the molecule is CNCCC(=O)NC1(c2cccc(F)c2)CCOCC1.Cl. The molecule has 0 aromatic heterocycles. The van der Waals surface area contributed by atoms with Gasteiger partial charge in [-0.15, -0.1) is 12.4 Å². The number of benzene rings is 1. The van der Waals surface area contributed by atoms with Crippen molar-refractivity contribution in [1.29, 1.82) is 0 Å². The van der Waals surface area contributed by atoms with Crippen LogP contribution in [-0.4, -0.2) is 32.7 Å². The van der Waals surface area contributed by atoms with Crippen molar-refractivity contribution in [2.45, 2.75) is 24.8 Å². The molecule has 0 saturated carbocycles. The first-order valence-corrected chi connectivity index (χ1v) is 6.96. The maximum absolute atomic E-state index is 13.5. The van der Waals surface area contributed by atoms with E-state index in [-0.39, 0.29) is 24.1 Å². The fourth-order valence-electron chi connectivity index (χ4n) is 2.56. The summed E-state index contributed by atoms with van der Waals surface area (Å²) in [7, 11) is 1.81. The van der Waals surface area contributed by atoms with E-state index in [0.29, 0.717) is 39.0 Å². The third-order valence-corrected chi connectivity index (χ3v) is 3.70. The van der Waals surface area contributed by atoms with Gasteiger partial charge in [-0.2, -0.15) is 0 Å². The van der Waals surface area contributed by atoms with Crippen molar-refractivity contribution in [3.63, 3.8) is 0 Å². The molecular formula is C15H22ClFN2O2. The molecule has 1 amide bonds. The van der Waals surface area contributed by atoms with Crippen LogP contribution < -0.4 is 10.6 Å². The highest BCUT2D eigenvalue weighted by Crippen LogP contribution is 2.32. The first-order valence-electron chi connectivity index (χ1n) is 6.96. The Labute approximate surface area is 130 Å². The topological polar surface area (TPSA) is 50.4 Å². The summed E-state index contributed by atoms with van der Waals surface area (Å²) in [5, 5.41) is 6.04. The Morgan fingerprint density at radius 3 is 2.71 bits per heavy atom. The van der Waals surface area contributed by atoms with Crippen molar-refractivity contribution in [1.82, 2.24) is 10.6 Å². The van der Waals surface area contributed by atoms with E-state index < -0.39 is 5.54 Å². The summed E-state index contributed by atoms with van der Waals surface area (Å²) < 4.78 is 18.9. The summed E-state index contributed by atoms with van der Waals surface area (Å²) in [6, 6.07) is 6.47. The fourth-order valence-corrected chi connectivity index (χ4v) is 2.56. The van der Waals surface area contributed by atoms with Crippen LogP contribution in [0.3, 0.4) is 0 Å². The molecule has 0 spiro atoms. The molecule has 1 fully saturated rings. The van der Waals surface area contributed by atoms with Gasteiger partial charge in [-0.05, 0) is 37.6 Å². The molecule has 1 saturated heterocycles. The average molecular weight is 317 g/mol. The van der Waals surface area contributed by atoms with E-state index in [1.54, 1.807) is 6.07 Å². The number of hydrogen-bond acceptors (Lipinski definition) is 3. The Balaban J connectivity index is 0.00000220. The normalized spacial score (nSPS) is 16.9. The molecule has 2 N–H and O–H groups in total. The molecule has 0 radical (unpaired) electrons. The zero-order valence-electron chi connectivity index (χ0n) is 12.2. The van der Waals surface area contributed by atoms with Gasteiger partial charge in [-0.3, -0.25) is 4.79 Å². The minimum atomic E-state index is -0.509. The fraction of sp³-hybridized carbons (Fsp3) is 0.533. The van der Waals surface area contributed by atoms with Crippen LogP contribution in [0.2, 0.25) is 0 Å². The summed E-state index contributed by atoms with van der Waals surface area (Å²) in [4.78, 5) is 12.0. The summed E-state index contributed by atoms with van der Waals surface area (Å²) >= 11 is 0. The lowest BCUT2D eigenvalue weighted by Gasteiger charge is -2.38. The number of halogens is 2. The first-order chi connectivity index (χ1) is 9.66. The highest BCUT2D eigenvalue weighted by atomic mass is 35.5. The molecule has 1 heterocycles. The van der Waals surface area contributed by atoms with Crippen LogP contribution >= 0.6 is 12.4 Å². The predicted molar refractivity (Wildman–Crippen MR) is 82.1 cm³/mol. The quantitative estimate of drug-likeness (QED) is 0.873. The number of nitrogens with one attached hydrogen (secondary N) is 2. The lowest BCUT2D eigenvalue weighted by atomic mass is 9.82. The number of ether oxygens (including phenoxy) is 1. The van der Waals surface area contributed by atoms with Crippen LogP contribution in [-0.2, 0) is 15.1 Å². The van der Waals surface area contributed by atoms with E-state index in [0.717, 1.165) is 5.56 Å². The van der Waals surface area contributed by atoms with Gasteiger partial charge in [0.25, 0.3) is 0 Å². The van der Waals surface area contributed by atoms with Gasteiger partial charge in [0.2, 0.25) is 5.91 Å². The standard InChI is InChI=1S/C15H21FN2O2.ClH/c1-17-8-5-14(19)18-15(6-9-20-10-7-15)12-3-2-4-13(16)11-12;/h2-4,11,17H,5-10H2,1H3,(H,18,19);1H. The maximum Gasteiger partial charge on any atom is 0.221 e. The summed E-state index contributed by atoms with van der Waals surface area (Å²) in [6.07, 6.45) is 1.75. The molecule has 118 valence electrons. The van der Waals surface area contributed by atoms with Gasteiger partial charge < -0.3 is 15.4 Å². The molecule has 4 nitrogen and oxygen atoms in total. The van der Waals surface area contributed by atoms with Crippen LogP contribution in [0.15, 0.2) is 24.3 Å². The average Bonchev–Trinajstić information content (AvgIpc) is 2.46. The molecule has 21 heavy (non-hydrogen) atoms. The first kappa shape index (κ1) is 17.9. The predicted octanol–water partition coefficient (Wildman–Crippen LogP) is 1.98. The van der Waals surface area contributed by atoms with Crippen molar-refractivity contribution < 1.29 is 13.9 Å². The smallest absolute Gasteiger partial charge is 0.221 e. The molecule has 2 rings (SSSR count). The van der Waals surface area contributed by atoms with Gasteiger partial charge in [0.15, 0.2) is 0 Å². The van der Waals surface area contributed by atoms with Crippen molar-refractivity contribution >= 4 is 18.3 Å². The van der Waals surface area contributed by atoms with E-state index in [2.05, 4.69) is 10.6 Å². The summed E-state index contributed by atoms with van der Waals surface area (Å²) in [5.74, 6) is -0.302. The third kappa shape index (κ3) is 4.66. The zero-order chi connectivity index (χ0) is 14.4. The van der Waals surface area contributed by atoms with E-state index in [1.807, 2.05) is 13.1 Å². The monoisotopic (exact) mass is 316 g/mol. The van der Waals surface area contributed by atoms with E-state index in [4.69, 9.17) is 4.74 Å². The molecule has 0 bridgehead atoms. The van der Waals surface area contributed by atoms with Crippen LogP contribution in [0.5, 0.6) is 0 Å². The Kier molecular flexibility index (Phi) is 7.08. The molecule has 1 aliphatic rings. The largest absolute Gasteiger partial charge is 0.381 e.